The number of rotatable bonds is 4. The van der Waals surface area contributed by atoms with Gasteiger partial charge >= 0.3 is 0 Å². The largest absolute Gasteiger partial charge is 0.351 e. The van der Waals surface area contributed by atoms with Crippen molar-refractivity contribution in [2.45, 2.75) is 38.5 Å². The molecular weight excluding hydrogens is 296 g/mol. The molecule has 0 spiro atoms. The molecule has 1 aliphatic heterocycles. The molecular formula is C17H24N2O2S. The Labute approximate surface area is 135 Å². The number of fused-ring (bicyclic) bond motifs is 1. The normalized spacial score (nSPS) is 24.6. The number of hydrogen-bond donors (Lipinski definition) is 1. The molecule has 2 atom stereocenters. The molecule has 3 rings (SSSR count). The highest BCUT2D eigenvalue weighted by Gasteiger charge is 2.32. The van der Waals surface area contributed by atoms with E-state index in [1.807, 2.05) is 16.3 Å². The zero-order chi connectivity index (χ0) is 15.4. The average Bonchev–Trinajstić information content (AvgIpc) is 3.08. The van der Waals surface area contributed by atoms with Crippen molar-refractivity contribution in [1.29, 1.82) is 0 Å². The Morgan fingerprint density at radius 3 is 2.82 bits per heavy atom. The molecule has 1 aliphatic carbocycles. The van der Waals surface area contributed by atoms with Crippen LogP contribution in [-0.4, -0.2) is 36.3 Å². The first-order valence-electron chi connectivity index (χ1n) is 8.33. The summed E-state index contributed by atoms with van der Waals surface area (Å²) in [6.45, 7) is 2.27. The highest BCUT2D eigenvalue weighted by atomic mass is 32.1. The summed E-state index contributed by atoms with van der Waals surface area (Å²) in [5.74, 6) is 1.67. The van der Waals surface area contributed by atoms with E-state index in [0.29, 0.717) is 23.8 Å². The number of carbonyl (C=O) groups is 2. The van der Waals surface area contributed by atoms with Gasteiger partial charge in [-0.25, -0.2) is 0 Å². The zero-order valence-electron chi connectivity index (χ0n) is 12.9. The fourth-order valence-electron chi connectivity index (χ4n) is 3.76. The van der Waals surface area contributed by atoms with Gasteiger partial charge in [-0.15, -0.1) is 11.3 Å². The van der Waals surface area contributed by atoms with Crippen molar-refractivity contribution in [1.82, 2.24) is 10.2 Å². The minimum atomic E-state index is -0.0752. The van der Waals surface area contributed by atoms with Gasteiger partial charge in [0, 0.05) is 26.1 Å². The Balaban J connectivity index is 1.41. The Morgan fingerprint density at radius 1 is 1.23 bits per heavy atom. The van der Waals surface area contributed by atoms with Crippen molar-refractivity contribution in [3.05, 3.63) is 22.4 Å². The minimum Gasteiger partial charge on any atom is -0.351 e. The van der Waals surface area contributed by atoms with Gasteiger partial charge in [0.2, 0.25) is 5.91 Å². The van der Waals surface area contributed by atoms with Gasteiger partial charge in [-0.1, -0.05) is 25.3 Å². The minimum absolute atomic E-state index is 0.0752. The van der Waals surface area contributed by atoms with Gasteiger partial charge in [0.25, 0.3) is 5.91 Å². The molecule has 0 radical (unpaired) electrons. The first-order valence-corrected chi connectivity index (χ1v) is 9.21. The first-order chi connectivity index (χ1) is 10.7. The lowest BCUT2D eigenvalue weighted by Gasteiger charge is -2.41. The van der Waals surface area contributed by atoms with Gasteiger partial charge < -0.3 is 10.2 Å². The molecule has 5 heteroatoms. The third kappa shape index (κ3) is 3.69. The summed E-state index contributed by atoms with van der Waals surface area (Å²) >= 11 is 1.42. The van der Waals surface area contributed by atoms with Crippen LogP contribution in [0.5, 0.6) is 0 Å². The van der Waals surface area contributed by atoms with Crippen LogP contribution in [0.2, 0.25) is 0 Å². The number of likely N-dealkylation sites (tertiary alicyclic amines) is 1. The number of amides is 2. The van der Waals surface area contributed by atoms with Crippen molar-refractivity contribution in [3.8, 4) is 0 Å². The number of thiophene rings is 1. The molecule has 2 fully saturated rings. The Kier molecular flexibility index (Phi) is 5.13. The Bertz CT molecular complexity index is 515. The summed E-state index contributed by atoms with van der Waals surface area (Å²) < 4.78 is 0. The second kappa shape index (κ2) is 7.27. The van der Waals surface area contributed by atoms with Crippen molar-refractivity contribution < 1.29 is 9.59 Å². The summed E-state index contributed by atoms with van der Waals surface area (Å²) in [5.41, 5.74) is 0. The van der Waals surface area contributed by atoms with E-state index in [0.717, 1.165) is 25.4 Å². The third-order valence-corrected chi connectivity index (χ3v) is 5.88. The average molecular weight is 320 g/mol. The lowest BCUT2D eigenvalue weighted by Crippen LogP contribution is -2.45. The van der Waals surface area contributed by atoms with E-state index in [1.54, 1.807) is 6.07 Å². The predicted molar refractivity (Wildman–Crippen MR) is 87.9 cm³/mol. The lowest BCUT2D eigenvalue weighted by molar-refractivity contribution is -0.134. The van der Waals surface area contributed by atoms with Gasteiger partial charge in [0.15, 0.2) is 0 Å². The maximum absolute atomic E-state index is 12.3. The number of hydrogen-bond acceptors (Lipinski definition) is 3. The highest BCUT2D eigenvalue weighted by Crippen LogP contribution is 2.36. The molecule has 1 N–H and O–H groups in total. The smallest absolute Gasteiger partial charge is 0.261 e. The van der Waals surface area contributed by atoms with Crippen molar-refractivity contribution >= 4 is 23.2 Å². The highest BCUT2D eigenvalue weighted by molar-refractivity contribution is 7.12. The molecule has 2 heterocycles. The topological polar surface area (TPSA) is 49.4 Å². The molecule has 2 unspecified atom stereocenters. The summed E-state index contributed by atoms with van der Waals surface area (Å²) in [5, 5.41) is 4.72. The predicted octanol–water partition coefficient (Wildman–Crippen LogP) is 2.91. The summed E-state index contributed by atoms with van der Waals surface area (Å²) in [7, 11) is 0. The number of piperidine rings is 1. The van der Waals surface area contributed by atoms with Crippen LogP contribution in [0.25, 0.3) is 0 Å². The van der Waals surface area contributed by atoms with Crippen molar-refractivity contribution in [3.63, 3.8) is 0 Å². The van der Waals surface area contributed by atoms with Crippen molar-refractivity contribution in [2.75, 3.05) is 19.6 Å². The second-order valence-corrected chi connectivity index (χ2v) is 7.36. The molecule has 0 aromatic carbocycles. The maximum atomic E-state index is 12.3. The molecule has 4 nitrogen and oxygen atoms in total. The van der Waals surface area contributed by atoms with E-state index < -0.39 is 0 Å². The summed E-state index contributed by atoms with van der Waals surface area (Å²) in [6, 6.07) is 3.66. The van der Waals surface area contributed by atoms with E-state index in [2.05, 4.69) is 5.32 Å². The van der Waals surface area contributed by atoms with Crippen LogP contribution >= 0.6 is 11.3 Å². The SMILES string of the molecule is O=C(NCCC(=O)N1CCC2CCCCC2C1)c1cccs1. The zero-order valence-corrected chi connectivity index (χ0v) is 13.7. The quantitative estimate of drug-likeness (QED) is 0.927. The van der Waals surface area contributed by atoms with Gasteiger partial charge in [-0.2, -0.15) is 0 Å². The monoisotopic (exact) mass is 320 g/mol. The van der Waals surface area contributed by atoms with E-state index in [-0.39, 0.29) is 11.8 Å². The van der Waals surface area contributed by atoms with Gasteiger partial charge in [-0.3, -0.25) is 9.59 Å². The van der Waals surface area contributed by atoms with E-state index in [9.17, 15) is 9.59 Å². The van der Waals surface area contributed by atoms with Crippen LogP contribution in [0, 0.1) is 11.8 Å². The Hall–Kier alpha value is -1.36. The fourth-order valence-corrected chi connectivity index (χ4v) is 4.40. The summed E-state index contributed by atoms with van der Waals surface area (Å²) in [6.07, 6.45) is 6.89. The number of carbonyl (C=O) groups excluding carboxylic acids is 2. The standard InChI is InChI=1S/C17H24N2O2S/c20-16(7-9-18-17(21)15-6-3-11-22-15)19-10-8-13-4-1-2-5-14(13)12-19/h3,6,11,13-14H,1-2,4-5,7-10,12H2,(H,18,21). The molecule has 120 valence electrons. The number of nitrogens with zero attached hydrogens (tertiary/aromatic N) is 1. The van der Waals surface area contributed by atoms with Crippen LogP contribution in [0.3, 0.4) is 0 Å². The molecule has 22 heavy (non-hydrogen) atoms. The second-order valence-electron chi connectivity index (χ2n) is 6.42. The fraction of sp³-hybridized carbons (Fsp3) is 0.647. The van der Waals surface area contributed by atoms with E-state index in [1.165, 1.54) is 37.0 Å². The first kappa shape index (κ1) is 15.5. The van der Waals surface area contributed by atoms with Gasteiger partial charge in [-0.05, 0) is 36.1 Å². The van der Waals surface area contributed by atoms with Crippen LogP contribution in [-0.2, 0) is 4.79 Å². The van der Waals surface area contributed by atoms with E-state index >= 15 is 0 Å². The Morgan fingerprint density at radius 2 is 2.05 bits per heavy atom. The van der Waals surface area contributed by atoms with Crippen LogP contribution in [0.4, 0.5) is 0 Å². The molecule has 2 amide bonds. The van der Waals surface area contributed by atoms with E-state index in [4.69, 9.17) is 0 Å². The number of nitrogens with one attached hydrogen (secondary N) is 1. The molecule has 2 aliphatic rings. The van der Waals surface area contributed by atoms with Gasteiger partial charge in [0.05, 0.1) is 4.88 Å². The molecule has 1 aromatic rings. The lowest BCUT2D eigenvalue weighted by atomic mass is 9.75. The third-order valence-electron chi connectivity index (χ3n) is 5.01. The molecule has 1 aromatic heterocycles. The van der Waals surface area contributed by atoms with Crippen LogP contribution in [0.1, 0.15) is 48.2 Å². The maximum Gasteiger partial charge on any atom is 0.261 e. The molecule has 0 bridgehead atoms. The van der Waals surface area contributed by atoms with Crippen molar-refractivity contribution in [2.24, 2.45) is 11.8 Å². The van der Waals surface area contributed by atoms with Gasteiger partial charge in [0.1, 0.15) is 0 Å². The summed E-state index contributed by atoms with van der Waals surface area (Å²) in [4.78, 5) is 26.9. The molecule has 1 saturated carbocycles. The van der Waals surface area contributed by atoms with Crippen LogP contribution < -0.4 is 5.32 Å². The van der Waals surface area contributed by atoms with Crippen LogP contribution in [0.15, 0.2) is 17.5 Å². The molecule has 1 saturated heterocycles.